The maximum Gasteiger partial charge on any atom is 0.216 e. The average Bonchev–Trinajstić information content (AvgIpc) is 2.71. The molecule has 0 aromatic heterocycles. The normalized spacial score (nSPS) is 12.1. The number of amides is 1. The van der Waals surface area contributed by atoms with Crippen molar-refractivity contribution >= 4 is 16.7 Å². The molecule has 0 saturated carbocycles. The molecule has 0 spiro atoms. The predicted octanol–water partition coefficient (Wildman–Crippen LogP) is 4.20. The summed E-state index contributed by atoms with van der Waals surface area (Å²) in [6.07, 6.45) is 0. The fourth-order valence-corrected chi connectivity index (χ4v) is 3.63. The minimum atomic E-state index is -0.00599. The molecule has 0 radical (unpaired) electrons. The lowest BCUT2D eigenvalue weighted by Gasteiger charge is -2.26. The second-order valence-electron chi connectivity index (χ2n) is 7.25. The Labute approximate surface area is 167 Å². The molecule has 1 unspecified atom stereocenters. The van der Waals surface area contributed by atoms with Gasteiger partial charge in [0.05, 0.1) is 7.11 Å². The van der Waals surface area contributed by atoms with Crippen LogP contribution in [0.4, 0.5) is 0 Å². The molecule has 0 bridgehead atoms. The average molecular weight is 377 g/mol. The van der Waals surface area contributed by atoms with Gasteiger partial charge in [0, 0.05) is 32.5 Å². The van der Waals surface area contributed by atoms with Crippen LogP contribution in [0.2, 0.25) is 0 Å². The van der Waals surface area contributed by atoms with E-state index in [1.807, 2.05) is 12.1 Å². The van der Waals surface area contributed by atoms with E-state index >= 15 is 0 Å². The van der Waals surface area contributed by atoms with Crippen LogP contribution in [0.25, 0.3) is 10.8 Å². The first kappa shape index (κ1) is 19.9. The summed E-state index contributed by atoms with van der Waals surface area (Å²) in [4.78, 5) is 13.9. The van der Waals surface area contributed by atoms with Gasteiger partial charge < -0.3 is 15.0 Å². The number of benzene rings is 3. The molecule has 0 aliphatic rings. The van der Waals surface area contributed by atoms with Gasteiger partial charge in [-0.25, -0.2) is 0 Å². The molecule has 1 amide bonds. The molecule has 0 aliphatic carbocycles. The number of hydrogen-bond donors (Lipinski definition) is 1. The topological polar surface area (TPSA) is 41.6 Å². The third kappa shape index (κ3) is 5.11. The van der Waals surface area contributed by atoms with E-state index in [-0.39, 0.29) is 11.8 Å². The second kappa shape index (κ2) is 9.38. The van der Waals surface area contributed by atoms with Crippen molar-refractivity contribution in [2.24, 2.45) is 0 Å². The van der Waals surface area contributed by atoms with E-state index in [1.165, 1.54) is 21.9 Å². The highest BCUT2D eigenvalue weighted by atomic mass is 16.5. The summed E-state index contributed by atoms with van der Waals surface area (Å²) in [5, 5.41) is 5.36. The highest BCUT2D eigenvalue weighted by Crippen LogP contribution is 2.29. The van der Waals surface area contributed by atoms with Crippen LogP contribution in [0.5, 0.6) is 5.75 Å². The first-order valence-corrected chi connectivity index (χ1v) is 9.60. The Hall–Kier alpha value is -2.85. The Morgan fingerprint density at radius 1 is 1.07 bits per heavy atom. The standard InChI is InChI=1S/C24H28N2O2/c1-18(27)25-15-21(17-26(2)16-19-8-5-4-6-9-19)23-11-7-10-20-12-13-22(28-3)14-24(20)23/h4-14,21H,15-17H2,1-3H3,(H,25,27). The number of fused-ring (bicyclic) bond motifs is 1. The third-order valence-corrected chi connectivity index (χ3v) is 4.99. The number of carbonyl (C=O) groups excluding carboxylic acids is 1. The summed E-state index contributed by atoms with van der Waals surface area (Å²) in [6.45, 7) is 3.87. The fraction of sp³-hybridized carbons (Fsp3) is 0.292. The van der Waals surface area contributed by atoms with Crippen LogP contribution in [0.3, 0.4) is 0 Å². The number of nitrogens with zero attached hydrogens (tertiary/aromatic N) is 1. The van der Waals surface area contributed by atoms with Crippen molar-refractivity contribution in [2.45, 2.75) is 19.4 Å². The maximum atomic E-state index is 11.6. The molecule has 0 aliphatic heterocycles. The van der Waals surface area contributed by atoms with Crippen LogP contribution >= 0.6 is 0 Å². The van der Waals surface area contributed by atoms with Crippen molar-refractivity contribution in [3.8, 4) is 5.75 Å². The lowest BCUT2D eigenvalue weighted by atomic mass is 9.92. The van der Waals surface area contributed by atoms with Gasteiger partial charge >= 0.3 is 0 Å². The Balaban J connectivity index is 1.89. The number of nitrogens with one attached hydrogen (secondary N) is 1. The van der Waals surface area contributed by atoms with Crippen LogP contribution < -0.4 is 10.1 Å². The molecule has 3 aromatic carbocycles. The molecular formula is C24H28N2O2. The van der Waals surface area contributed by atoms with E-state index in [0.29, 0.717) is 6.54 Å². The van der Waals surface area contributed by atoms with Gasteiger partial charge in [0.1, 0.15) is 5.75 Å². The van der Waals surface area contributed by atoms with Gasteiger partial charge in [-0.2, -0.15) is 0 Å². The first-order valence-electron chi connectivity index (χ1n) is 9.60. The van der Waals surface area contributed by atoms with Gasteiger partial charge in [0.25, 0.3) is 0 Å². The van der Waals surface area contributed by atoms with E-state index in [0.717, 1.165) is 18.8 Å². The molecule has 28 heavy (non-hydrogen) atoms. The highest BCUT2D eigenvalue weighted by Gasteiger charge is 2.18. The van der Waals surface area contributed by atoms with Crippen LogP contribution in [0, 0.1) is 0 Å². The lowest BCUT2D eigenvalue weighted by Crippen LogP contribution is -2.33. The maximum absolute atomic E-state index is 11.6. The Kier molecular flexibility index (Phi) is 6.66. The predicted molar refractivity (Wildman–Crippen MR) is 115 cm³/mol. The van der Waals surface area contributed by atoms with Crippen molar-refractivity contribution in [1.82, 2.24) is 10.2 Å². The summed E-state index contributed by atoms with van der Waals surface area (Å²) in [5.41, 5.74) is 2.51. The van der Waals surface area contributed by atoms with E-state index < -0.39 is 0 Å². The smallest absolute Gasteiger partial charge is 0.216 e. The summed E-state index contributed by atoms with van der Waals surface area (Å²) in [5.74, 6) is 1.01. The second-order valence-corrected chi connectivity index (χ2v) is 7.25. The minimum absolute atomic E-state index is 0.00599. The van der Waals surface area contributed by atoms with Crippen molar-refractivity contribution in [3.05, 3.63) is 77.9 Å². The molecule has 4 heteroatoms. The summed E-state index contributed by atoms with van der Waals surface area (Å²) in [7, 11) is 3.81. The third-order valence-electron chi connectivity index (χ3n) is 4.99. The first-order chi connectivity index (χ1) is 13.6. The molecule has 3 rings (SSSR count). The van der Waals surface area contributed by atoms with Gasteiger partial charge in [-0.1, -0.05) is 54.6 Å². The van der Waals surface area contributed by atoms with Gasteiger partial charge in [0.15, 0.2) is 0 Å². The Bertz CT molecular complexity index is 924. The van der Waals surface area contributed by atoms with E-state index in [2.05, 4.69) is 71.9 Å². The number of hydrogen-bond acceptors (Lipinski definition) is 3. The molecule has 1 N–H and O–H groups in total. The number of likely N-dealkylation sites (N-methyl/N-ethyl adjacent to an activating group) is 1. The number of ether oxygens (including phenoxy) is 1. The molecule has 0 saturated heterocycles. The van der Waals surface area contributed by atoms with Crippen molar-refractivity contribution in [3.63, 3.8) is 0 Å². The van der Waals surface area contributed by atoms with Crippen LogP contribution in [0.15, 0.2) is 66.7 Å². The zero-order valence-corrected chi connectivity index (χ0v) is 16.8. The van der Waals surface area contributed by atoms with Gasteiger partial charge in [-0.15, -0.1) is 0 Å². The summed E-state index contributed by atoms with van der Waals surface area (Å²) in [6, 6.07) is 23.0. The Morgan fingerprint density at radius 3 is 2.57 bits per heavy atom. The number of carbonyl (C=O) groups is 1. The molecule has 1 atom stereocenters. The highest BCUT2D eigenvalue weighted by molar-refractivity contribution is 5.87. The summed E-state index contributed by atoms with van der Waals surface area (Å²) < 4.78 is 5.44. The van der Waals surface area contributed by atoms with Gasteiger partial charge in [-0.05, 0) is 41.1 Å². The number of methoxy groups -OCH3 is 1. The van der Waals surface area contributed by atoms with E-state index in [9.17, 15) is 4.79 Å². The molecule has 3 aromatic rings. The molecule has 4 nitrogen and oxygen atoms in total. The molecular weight excluding hydrogens is 348 g/mol. The van der Waals surface area contributed by atoms with Crippen LogP contribution in [-0.4, -0.2) is 38.1 Å². The van der Waals surface area contributed by atoms with Crippen molar-refractivity contribution in [1.29, 1.82) is 0 Å². The van der Waals surface area contributed by atoms with Gasteiger partial charge in [0.2, 0.25) is 5.91 Å². The quantitative estimate of drug-likeness (QED) is 0.641. The van der Waals surface area contributed by atoms with Gasteiger partial charge in [-0.3, -0.25) is 4.79 Å². The molecule has 0 fully saturated rings. The zero-order valence-electron chi connectivity index (χ0n) is 16.8. The van der Waals surface area contributed by atoms with Crippen molar-refractivity contribution in [2.75, 3.05) is 27.2 Å². The van der Waals surface area contributed by atoms with E-state index in [4.69, 9.17) is 4.74 Å². The van der Waals surface area contributed by atoms with Crippen molar-refractivity contribution < 1.29 is 9.53 Å². The SMILES string of the molecule is COc1ccc2cccc(C(CNC(C)=O)CN(C)Cc3ccccc3)c2c1. The monoisotopic (exact) mass is 376 g/mol. The summed E-state index contributed by atoms with van der Waals surface area (Å²) >= 11 is 0. The minimum Gasteiger partial charge on any atom is -0.497 e. The Morgan fingerprint density at radius 2 is 1.86 bits per heavy atom. The zero-order chi connectivity index (χ0) is 19.9. The van der Waals surface area contributed by atoms with Crippen LogP contribution in [-0.2, 0) is 11.3 Å². The fourth-order valence-electron chi connectivity index (χ4n) is 3.63. The lowest BCUT2D eigenvalue weighted by molar-refractivity contribution is -0.119. The molecule has 146 valence electrons. The van der Waals surface area contributed by atoms with E-state index in [1.54, 1.807) is 14.0 Å². The largest absolute Gasteiger partial charge is 0.497 e. The number of rotatable bonds is 8. The van der Waals surface area contributed by atoms with Crippen LogP contribution in [0.1, 0.15) is 24.0 Å². The molecule has 0 heterocycles.